The number of unbranched alkanes of at least 4 members (excludes halogenated alkanes) is 3. The molecule has 0 aliphatic rings. The Labute approximate surface area is 115 Å². The van der Waals surface area contributed by atoms with E-state index in [4.69, 9.17) is 9.47 Å². The summed E-state index contributed by atoms with van der Waals surface area (Å²) in [6.45, 7) is 4.97. The number of carbonyl (C=O) groups is 1. The lowest BCUT2D eigenvalue weighted by molar-refractivity contribution is -0.117. The first kappa shape index (κ1) is 15.5. The summed E-state index contributed by atoms with van der Waals surface area (Å²) in [5.41, 5.74) is 0. The first-order chi connectivity index (χ1) is 9.22. The van der Waals surface area contributed by atoms with Crippen LogP contribution in [0, 0.1) is 0 Å². The average Bonchev–Trinajstić information content (AvgIpc) is 2.40. The molecule has 0 fully saturated rings. The molecule has 0 unspecified atom stereocenters. The van der Waals surface area contributed by atoms with E-state index in [1.54, 1.807) is 6.92 Å². The summed E-state index contributed by atoms with van der Waals surface area (Å²) in [7, 11) is 0. The van der Waals surface area contributed by atoms with E-state index >= 15 is 0 Å². The third kappa shape index (κ3) is 7.50. The van der Waals surface area contributed by atoms with Crippen molar-refractivity contribution in [2.24, 2.45) is 0 Å². The Balaban J connectivity index is 2.21. The smallest absolute Gasteiger partial charge is 0.133 e. The normalized spacial score (nSPS) is 10.2. The van der Waals surface area contributed by atoms with Gasteiger partial charge in [0.1, 0.15) is 17.3 Å². The van der Waals surface area contributed by atoms with Crippen molar-refractivity contribution in [3.05, 3.63) is 24.3 Å². The Morgan fingerprint density at radius 2 is 1.53 bits per heavy atom. The summed E-state index contributed by atoms with van der Waals surface area (Å²) in [6, 6.07) is 7.56. The van der Waals surface area contributed by atoms with Gasteiger partial charge in [0, 0.05) is 6.42 Å². The molecule has 0 amide bonds. The highest BCUT2D eigenvalue weighted by molar-refractivity contribution is 5.75. The maximum atomic E-state index is 10.8. The van der Waals surface area contributed by atoms with Gasteiger partial charge < -0.3 is 9.47 Å². The second-order valence-corrected chi connectivity index (χ2v) is 4.68. The number of carbonyl (C=O) groups excluding carboxylic acids is 1. The van der Waals surface area contributed by atoms with Crippen LogP contribution in [0.15, 0.2) is 24.3 Å². The minimum atomic E-state index is 0.145. The van der Waals surface area contributed by atoms with Crippen molar-refractivity contribution in [1.82, 2.24) is 0 Å². The second-order valence-electron chi connectivity index (χ2n) is 4.68. The van der Waals surface area contributed by atoms with Crippen molar-refractivity contribution in [3.63, 3.8) is 0 Å². The molecular formula is C16H24O3. The molecule has 0 radical (unpaired) electrons. The third-order valence-corrected chi connectivity index (χ3v) is 2.81. The van der Waals surface area contributed by atoms with Crippen molar-refractivity contribution in [3.8, 4) is 11.5 Å². The Kier molecular flexibility index (Phi) is 7.71. The fourth-order valence-corrected chi connectivity index (χ4v) is 1.66. The molecule has 3 nitrogen and oxygen atoms in total. The summed E-state index contributed by atoms with van der Waals surface area (Å²) in [4.78, 5) is 10.8. The molecule has 0 atom stereocenters. The molecule has 1 aromatic rings. The van der Waals surface area contributed by atoms with E-state index in [1.165, 1.54) is 19.3 Å². The van der Waals surface area contributed by atoms with Crippen LogP contribution < -0.4 is 9.47 Å². The summed E-state index contributed by atoms with van der Waals surface area (Å²) in [5, 5.41) is 0. The van der Waals surface area contributed by atoms with Crippen LogP contribution in [0.2, 0.25) is 0 Å². The predicted octanol–water partition coefficient (Wildman–Crippen LogP) is 4.00. The topological polar surface area (TPSA) is 35.5 Å². The molecule has 0 saturated carbocycles. The van der Waals surface area contributed by atoms with Gasteiger partial charge in [-0.2, -0.15) is 0 Å². The van der Waals surface area contributed by atoms with Crippen molar-refractivity contribution in [1.29, 1.82) is 0 Å². The summed E-state index contributed by atoms with van der Waals surface area (Å²) >= 11 is 0. The van der Waals surface area contributed by atoms with Crippen LogP contribution in [-0.2, 0) is 4.79 Å². The van der Waals surface area contributed by atoms with E-state index in [9.17, 15) is 4.79 Å². The summed E-state index contributed by atoms with van der Waals surface area (Å²) in [5.74, 6) is 1.79. The first-order valence-electron chi connectivity index (χ1n) is 7.07. The Bertz CT molecular complexity index is 357. The molecular weight excluding hydrogens is 240 g/mol. The highest BCUT2D eigenvalue weighted by Crippen LogP contribution is 2.18. The second kappa shape index (κ2) is 9.42. The first-order valence-corrected chi connectivity index (χ1v) is 7.07. The molecule has 0 aromatic heterocycles. The maximum Gasteiger partial charge on any atom is 0.133 e. The lowest BCUT2D eigenvalue weighted by atomic mass is 10.2. The van der Waals surface area contributed by atoms with Gasteiger partial charge in [-0.15, -0.1) is 0 Å². The molecule has 0 spiro atoms. The van der Waals surface area contributed by atoms with Gasteiger partial charge in [-0.25, -0.2) is 0 Å². The molecule has 1 rings (SSSR count). The third-order valence-electron chi connectivity index (χ3n) is 2.81. The van der Waals surface area contributed by atoms with Gasteiger partial charge >= 0.3 is 0 Å². The number of Topliss-reactive ketones (excluding diaryl/α,β-unsaturated/α-hetero) is 1. The van der Waals surface area contributed by atoms with Crippen LogP contribution in [0.4, 0.5) is 0 Å². The van der Waals surface area contributed by atoms with Gasteiger partial charge in [-0.3, -0.25) is 4.79 Å². The van der Waals surface area contributed by atoms with Crippen molar-refractivity contribution in [2.45, 2.75) is 46.0 Å². The number of ketones is 1. The molecule has 106 valence electrons. The zero-order valence-corrected chi connectivity index (χ0v) is 12.0. The van der Waals surface area contributed by atoms with Crippen LogP contribution in [0.1, 0.15) is 46.0 Å². The number of hydrogen-bond acceptors (Lipinski definition) is 3. The fourth-order valence-electron chi connectivity index (χ4n) is 1.66. The van der Waals surface area contributed by atoms with E-state index < -0.39 is 0 Å². The lowest BCUT2D eigenvalue weighted by Crippen LogP contribution is -2.02. The van der Waals surface area contributed by atoms with Crippen LogP contribution >= 0.6 is 0 Å². The minimum Gasteiger partial charge on any atom is -0.494 e. The zero-order chi connectivity index (χ0) is 13.9. The molecule has 0 heterocycles. The average molecular weight is 264 g/mol. The highest BCUT2D eigenvalue weighted by Gasteiger charge is 1.98. The quantitative estimate of drug-likeness (QED) is 0.599. The van der Waals surface area contributed by atoms with Gasteiger partial charge in [0.2, 0.25) is 0 Å². The number of benzene rings is 1. The number of ether oxygens (including phenoxy) is 2. The molecule has 0 bridgehead atoms. The van der Waals surface area contributed by atoms with Crippen molar-refractivity contribution >= 4 is 5.78 Å². The number of rotatable bonds is 10. The van der Waals surface area contributed by atoms with Gasteiger partial charge in [-0.05, 0) is 37.6 Å². The molecule has 0 aliphatic carbocycles. The van der Waals surface area contributed by atoms with E-state index in [1.807, 2.05) is 24.3 Å². The molecule has 0 aliphatic heterocycles. The van der Waals surface area contributed by atoms with Crippen molar-refractivity contribution < 1.29 is 14.3 Å². The maximum absolute atomic E-state index is 10.8. The van der Waals surface area contributed by atoms with Crippen LogP contribution in [0.25, 0.3) is 0 Å². The van der Waals surface area contributed by atoms with Gasteiger partial charge in [0.25, 0.3) is 0 Å². The molecule has 0 saturated heterocycles. The van der Waals surface area contributed by atoms with Crippen LogP contribution in [0.5, 0.6) is 11.5 Å². The Morgan fingerprint density at radius 1 is 0.947 bits per heavy atom. The minimum absolute atomic E-state index is 0.145. The molecule has 3 heteroatoms. The molecule has 19 heavy (non-hydrogen) atoms. The lowest BCUT2D eigenvalue weighted by Gasteiger charge is -2.08. The monoisotopic (exact) mass is 264 g/mol. The van der Waals surface area contributed by atoms with Crippen LogP contribution in [-0.4, -0.2) is 19.0 Å². The zero-order valence-electron chi connectivity index (χ0n) is 12.0. The standard InChI is InChI=1S/C16H24O3/c1-3-4-5-6-12-18-15-7-9-16(10-8-15)19-13-11-14(2)17/h7-10H,3-6,11-13H2,1-2H3. The van der Waals surface area contributed by atoms with E-state index in [0.29, 0.717) is 13.0 Å². The van der Waals surface area contributed by atoms with Crippen molar-refractivity contribution in [2.75, 3.05) is 13.2 Å². The Hall–Kier alpha value is -1.51. The van der Waals surface area contributed by atoms with E-state index in [2.05, 4.69) is 6.92 Å². The molecule has 1 aromatic carbocycles. The van der Waals surface area contributed by atoms with Gasteiger partial charge in [0.15, 0.2) is 0 Å². The summed E-state index contributed by atoms with van der Waals surface area (Å²) in [6.07, 6.45) is 5.29. The van der Waals surface area contributed by atoms with Gasteiger partial charge in [0.05, 0.1) is 13.2 Å². The number of hydrogen-bond donors (Lipinski definition) is 0. The van der Waals surface area contributed by atoms with Gasteiger partial charge in [-0.1, -0.05) is 26.2 Å². The van der Waals surface area contributed by atoms with E-state index in [0.717, 1.165) is 24.5 Å². The van der Waals surface area contributed by atoms with Crippen LogP contribution in [0.3, 0.4) is 0 Å². The highest BCUT2D eigenvalue weighted by atomic mass is 16.5. The predicted molar refractivity (Wildman–Crippen MR) is 76.9 cm³/mol. The largest absolute Gasteiger partial charge is 0.494 e. The summed E-state index contributed by atoms with van der Waals surface area (Å²) < 4.78 is 11.1. The van der Waals surface area contributed by atoms with E-state index in [-0.39, 0.29) is 5.78 Å². The molecule has 0 N–H and O–H groups in total. The Morgan fingerprint density at radius 3 is 2.05 bits per heavy atom. The fraction of sp³-hybridized carbons (Fsp3) is 0.562. The SMILES string of the molecule is CCCCCCOc1ccc(OCCC(C)=O)cc1.